The van der Waals surface area contributed by atoms with Crippen molar-refractivity contribution in [3.05, 3.63) is 89.2 Å². The molecule has 178 valence electrons. The van der Waals surface area contributed by atoms with Crippen molar-refractivity contribution in [2.75, 3.05) is 27.3 Å². The van der Waals surface area contributed by atoms with Crippen LogP contribution >= 0.6 is 0 Å². The number of carbonyl (C=O) groups is 1. The molecular formula is C28H32N2O4. The van der Waals surface area contributed by atoms with Crippen LogP contribution in [0, 0.1) is 5.92 Å². The molecule has 0 unspecified atom stereocenters. The lowest BCUT2D eigenvalue weighted by atomic mass is 9.89. The molecule has 6 nitrogen and oxygen atoms in total. The van der Waals surface area contributed by atoms with Crippen LogP contribution in [-0.4, -0.2) is 43.1 Å². The molecule has 0 bridgehead atoms. The first-order chi connectivity index (χ1) is 16.7. The van der Waals surface area contributed by atoms with E-state index in [-0.39, 0.29) is 5.91 Å². The number of likely N-dealkylation sites (tertiary alicyclic amines) is 1. The first kappa shape index (κ1) is 23.8. The van der Waals surface area contributed by atoms with Crippen molar-refractivity contribution < 1.29 is 19.0 Å². The summed E-state index contributed by atoms with van der Waals surface area (Å²) in [6.07, 6.45) is 6.60. The Morgan fingerprint density at radius 2 is 1.53 bits per heavy atom. The highest BCUT2D eigenvalue weighted by atomic mass is 16.5. The summed E-state index contributed by atoms with van der Waals surface area (Å²) in [5.41, 5.74) is 4.22. The first-order valence-electron chi connectivity index (χ1n) is 11.7. The molecule has 2 heterocycles. The van der Waals surface area contributed by atoms with E-state index in [1.165, 1.54) is 11.1 Å². The molecule has 0 spiro atoms. The number of ether oxygens (including phenoxy) is 3. The molecule has 2 aromatic carbocycles. The summed E-state index contributed by atoms with van der Waals surface area (Å²) in [6.45, 7) is 2.71. The lowest BCUT2D eigenvalue weighted by Gasteiger charge is -2.32. The zero-order valence-electron chi connectivity index (χ0n) is 19.9. The maximum absolute atomic E-state index is 13.0. The zero-order chi connectivity index (χ0) is 23.8. The number of nitrogens with zero attached hydrogens (tertiary/aromatic N) is 2. The van der Waals surface area contributed by atoms with Gasteiger partial charge in [0.1, 0.15) is 11.5 Å². The molecule has 0 aliphatic carbocycles. The van der Waals surface area contributed by atoms with Gasteiger partial charge in [0.2, 0.25) is 0 Å². The fourth-order valence-electron chi connectivity index (χ4n) is 4.36. The van der Waals surface area contributed by atoms with Gasteiger partial charge in [-0.2, -0.15) is 0 Å². The zero-order valence-corrected chi connectivity index (χ0v) is 19.9. The number of benzene rings is 2. The highest BCUT2D eigenvalue weighted by Gasteiger charge is 2.25. The van der Waals surface area contributed by atoms with Crippen molar-refractivity contribution >= 4 is 5.91 Å². The van der Waals surface area contributed by atoms with Crippen LogP contribution in [0.2, 0.25) is 0 Å². The van der Waals surface area contributed by atoms with Gasteiger partial charge in [0.05, 0.1) is 33.0 Å². The molecule has 1 fully saturated rings. The standard InChI is InChI=1S/C28H32N2O4/c1-32-25-7-8-26(27(18-25)33-2)28(31)30-15-11-22(12-16-30)17-21-3-5-23(6-4-21)19-34-20-24-9-13-29-14-10-24/h3-10,13-14,18,22H,11-12,15-17,19-20H2,1-2H3. The molecule has 0 N–H and O–H groups in total. The minimum atomic E-state index is 0.0223. The van der Waals surface area contributed by atoms with E-state index >= 15 is 0 Å². The Morgan fingerprint density at radius 3 is 2.18 bits per heavy atom. The van der Waals surface area contributed by atoms with Gasteiger partial charge in [-0.15, -0.1) is 0 Å². The Balaban J connectivity index is 1.24. The number of carbonyl (C=O) groups excluding carboxylic acids is 1. The topological polar surface area (TPSA) is 60.9 Å². The van der Waals surface area contributed by atoms with Crippen molar-refractivity contribution in [3.63, 3.8) is 0 Å². The second-order valence-corrected chi connectivity index (χ2v) is 8.67. The molecule has 0 saturated carbocycles. The molecule has 1 aromatic heterocycles. The molecule has 0 radical (unpaired) electrons. The van der Waals surface area contributed by atoms with Crippen molar-refractivity contribution in [2.45, 2.75) is 32.5 Å². The molecule has 1 saturated heterocycles. The third-order valence-corrected chi connectivity index (χ3v) is 6.38. The highest BCUT2D eigenvalue weighted by molar-refractivity contribution is 5.97. The maximum Gasteiger partial charge on any atom is 0.257 e. The number of piperidine rings is 1. The lowest BCUT2D eigenvalue weighted by molar-refractivity contribution is 0.0687. The average molecular weight is 461 g/mol. The van der Waals surface area contributed by atoms with Crippen LogP contribution < -0.4 is 9.47 Å². The summed E-state index contributed by atoms with van der Waals surface area (Å²) >= 11 is 0. The number of hydrogen-bond donors (Lipinski definition) is 0. The van der Waals surface area contributed by atoms with Crippen LogP contribution in [0.4, 0.5) is 0 Å². The summed E-state index contributed by atoms with van der Waals surface area (Å²) in [5.74, 6) is 1.83. The number of rotatable bonds is 9. The van der Waals surface area contributed by atoms with Crippen LogP contribution in [0.25, 0.3) is 0 Å². The number of pyridine rings is 1. The monoisotopic (exact) mass is 460 g/mol. The average Bonchev–Trinajstić information content (AvgIpc) is 2.90. The molecule has 3 aromatic rings. The van der Waals surface area contributed by atoms with Crippen molar-refractivity contribution in [1.82, 2.24) is 9.88 Å². The Kier molecular flexibility index (Phi) is 8.15. The van der Waals surface area contributed by atoms with Crippen LogP contribution in [0.1, 0.15) is 39.9 Å². The van der Waals surface area contributed by atoms with Gasteiger partial charge in [-0.3, -0.25) is 9.78 Å². The fraction of sp³-hybridized carbons (Fsp3) is 0.357. The van der Waals surface area contributed by atoms with Gasteiger partial charge in [0, 0.05) is 31.5 Å². The van der Waals surface area contributed by atoms with Crippen molar-refractivity contribution in [1.29, 1.82) is 0 Å². The Morgan fingerprint density at radius 1 is 0.882 bits per heavy atom. The predicted octanol–water partition coefficient (Wildman–Crippen LogP) is 4.91. The Labute approximate surface area is 201 Å². The second-order valence-electron chi connectivity index (χ2n) is 8.67. The first-order valence-corrected chi connectivity index (χ1v) is 11.7. The van der Waals surface area contributed by atoms with Gasteiger partial charge in [0.15, 0.2) is 0 Å². The van der Waals surface area contributed by atoms with Gasteiger partial charge in [0.25, 0.3) is 5.91 Å². The quantitative estimate of drug-likeness (QED) is 0.454. The van der Waals surface area contributed by atoms with E-state index in [0.717, 1.165) is 37.9 Å². The summed E-state index contributed by atoms with van der Waals surface area (Å²) in [6, 6.07) is 18.0. The van der Waals surface area contributed by atoms with Gasteiger partial charge < -0.3 is 19.1 Å². The van der Waals surface area contributed by atoms with Crippen LogP contribution in [-0.2, 0) is 24.4 Å². The smallest absolute Gasteiger partial charge is 0.257 e. The van der Waals surface area contributed by atoms with E-state index in [9.17, 15) is 4.79 Å². The van der Waals surface area contributed by atoms with Gasteiger partial charge in [-0.1, -0.05) is 24.3 Å². The van der Waals surface area contributed by atoms with Crippen LogP contribution in [0.3, 0.4) is 0 Å². The van der Waals surface area contributed by atoms with E-state index < -0.39 is 0 Å². The van der Waals surface area contributed by atoms with E-state index in [4.69, 9.17) is 14.2 Å². The summed E-state index contributed by atoms with van der Waals surface area (Å²) in [7, 11) is 3.18. The number of hydrogen-bond acceptors (Lipinski definition) is 5. The maximum atomic E-state index is 13.0. The minimum absolute atomic E-state index is 0.0223. The summed E-state index contributed by atoms with van der Waals surface area (Å²) in [4.78, 5) is 19.0. The summed E-state index contributed by atoms with van der Waals surface area (Å²) < 4.78 is 16.5. The van der Waals surface area contributed by atoms with Gasteiger partial charge in [-0.25, -0.2) is 0 Å². The van der Waals surface area contributed by atoms with Crippen molar-refractivity contribution in [3.8, 4) is 11.5 Å². The molecule has 1 aliphatic rings. The third kappa shape index (κ3) is 6.14. The molecular weight excluding hydrogens is 428 g/mol. The molecule has 34 heavy (non-hydrogen) atoms. The lowest BCUT2D eigenvalue weighted by Crippen LogP contribution is -2.39. The summed E-state index contributed by atoms with van der Waals surface area (Å²) in [5, 5.41) is 0. The fourth-order valence-corrected chi connectivity index (χ4v) is 4.36. The second kappa shape index (κ2) is 11.7. The van der Waals surface area contributed by atoms with Gasteiger partial charge >= 0.3 is 0 Å². The molecule has 1 amide bonds. The molecule has 1 aliphatic heterocycles. The number of amides is 1. The number of aromatic nitrogens is 1. The third-order valence-electron chi connectivity index (χ3n) is 6.38. The molecule has 4 rings (SSSR count). The SMILES string of the molecule is COc1ccc(C(=O)N2CCC(Cc3ccc(COCc4ccncc4)cc3)CC2)c(OC)c1. The van der Waals surface area contributed by atoms with E-state index in [2.05, 4.69) is 29.2 Å². The molecule has 6 heteroatoms. The van der Waals surface area contributed by atoms with Crippen molar-refractivity contribution in [2.24, 2.45) is 5.92 Å². The van der Waals surface area contributed by atoms with Crippen LogP contribution in [0.5, 0.6) is 11.5 Å². The largest absolute Gasteiger partial charge is 0.497 e. The Hall–Kier alpha value is -3.38. The number of methoxy groups -OCH3 is 2. The minimum Gasteiger partial charge on any atom is -0.497 e. The molecule has 0 atom stereocenters. The van der Waals surface area contributed by atoms with E-state index in [1.54, 1.807) is 44.8 Å². The Bertz CT molecular complexity index is 1060. The van der Waals surface area contributed by atoms with Crippen LogP contribution in [0.15, 0.2) is 67.0 Å². The predicted molar refractivity (Wildman–Crippen MR) is 131 cm³/mol. The normalized spacial score (nSPS) is 14.1. The van der Waals surface area contributed by atoms with E-state index in [0.29, 0.717) is 36.2 Å². The van der Waals surface area contributed by atoms with E-state index in [1.807, 2.05) is 17.0 Å². The van der Waals surface area contributed by atoms with Gasteiger partial charge in [-0.05, 0) is 66.1 Å². The highest BCUT2D eigenvalue weighted by Crippen LogP contribution is 2.28.